The van der Waals surface area contributed by atoms with Crippen molar-refractivity contribution in [1.82, 2.24) is 23.1 Å². The van der Waals surface area contributed by atoms with Gasteiger partial charge in [-0.15, -0.1) is 0 Å². The molecule has 0 bridgehead atoms. The van der Waals surface area contributed by atoms with Crippen LogP contribution in [0.25, 0.3) is 28.2 Å². The molecule has 3 aromatic heterocycles. The predicted molar refractivity (Wildman–Crippen MR) is 123 cm³/mol. The summed E-state index contributed by atoms with van der Waals surface area (Å²) in [6.45, 7) is 2.62. The quantitative estimate of drug-likeness (QED) is 0.440. The van der Waals surface area contributed by atoms with Gasteiger partial charge in [0.25, 0.3) is 5.56 Å². The molecule has 0 aliphatic rings. The Kier molecular flexibility index (Phi) is 4.51. The molecule has 2 aromatic carbocycles. The number of aromatic nitrogens is 5. The number of fused-ring (bicyclic) bond motifs is 3. The van der Waals surface area contributed by atoms with Crippen molar-refractivity contribution in [2.24, 2.45) is 14.1 Å². The zero-order valence-electron chi connectivity index (χ0n) is 18.4. The predicted octanol–water partition coefficient (Wildman–Crippen LogP) is 2.72. The molecule has 0 N–H and O–H groups in total. The maximum Gasteiger partial charge on any atom is 0.332 e. The third-order valence-electron chi connectivity index (χ3n) is 5.90. The molecule has 0 atom stereocenters. The smallest absolute Gasteiger partial charge is 0.332 e. The Balaban J connectivity index is 1.82. The summed E-state index contributed by atoms with van der Waals surface area (Å²) >= 11 is 0. The minimum absolute atomic E-state index is 0.368. The van der Waals surface area contributed by atoms with Gasteiger partial charge in [-0.1, -0.05) is 29.8 Å². The van der Waals surface area contributed by atoms with Crippen molar-refractivity contribution in [3.63, 3.8) is 0 Å². The van der Waals surface area contributed by atoms with Crippen LogP contribution in [0.5, 0.6) is 5.75 Å². The minimum Gasteiger partial charge on any atom is -0.497 e. The highest BCUT2D eigenvalue weighted by molar-refractivity contribution is 5.78. The molecule has 5 aromatic rings. The van der Waals surface area contributed by atoms with E-state index >= 15 is 0 Å². The summed E-state index contributed by atoms with van der Waals surface area (Å²) < 4.78 is 11.7. The summed E-state index contributed by atoms with van der Waals surface area (Å²) in [5.41, 5.74) is 4.15. The van der Waals surface area contributed by atoms with Crippen LogP contribution in [0.2, 0.25) is 0 Å². The molecule has 0 unspecified atom stereocenters. The van der Waals surface area contributed by atoms with Crippen LogP contribution in [-0.2, 0) is 20.6 Å². The number of benzene rings is 2. The number of hydrogen-bond donors (Lipinski definition) is 0. The van der Waals surface area contributed by atoms with Gasteiger partial charge in [-0.25, -0.2) is 4.79 Å². The molecule has 0 aliphatic heterocycles. The highest BCUT2D eigenvalue weighted by Crippen LogP contribution is 2.28. The Morgan fingerprint density at radius 1 is 0.938 bits per heavy atom. The summed E-state index contributed by atoms with van der Waals surface area (Å²) in [6.07, 6.45) is 1.91. The second-order valence-electron chi connectivity index (χ2n) is 7.97. The number of nitrogens with zero attached hydrogens (tertiary/aromatic N) is 5. The second-order valence-corrected chi connectivity index (χ2v) is 7.97. The van der Waals surface area contributed by atoms with Gasteiger partial charge < -0.3 is 9.30 Å². The topological polar surface area (TPSA) is 75.5 Å². The first-order chi connectivity index (χ1) is 15.4. The third-order valence-corrected chi connectivity index (χ3v) is 5.90. The summed E-state index contributed by atoms with van der Waals surface area (Å²) in [7, 11) is 4.75. The molecule has 0 aliphatic carbocycles. The van der Waals surface area contributed by atoms with Gasteiger partial charge in [0.05, 0.1) is 19.3 Å². The van der Waals surface area contributed by atoms with Gasteiger partial charge in [0.15, 0.2) is 11.2 Å². The zero-order chi connectivity index (χ0) is 22.6. The lowest BCUT2D eigenvalue weighted by molar-refractivity contribution is 0.415. The van der Waals surface area contributed by atoms with Gasteiger partial charge in [0.2, 0.25) is 5.78 Å². The van der Waals surface area contributed by atoms with Gasteiger partial charge in [-0.3, -0.25) is 18.3 Å². The summed E-state index contributed by atoms with van der Waals surface area (Å²) in [5.74, 6) is 1.37. The average molecular weight is 429 g/mol. The monoisotopic (exact) mass is 429 g/mol. The maximum absolute atomic E-state index is 13.0. The lowest BCUT2D eigenvalue weighted by Gasteiger charge is -2.10. The van der Waals surface area contributed by atoms with E-state index in [9.17, 15) is 9.59 Å². The van der Waals surface area contributed by atoms with Crippen molar-refractivity contribution < 1.29 is 4.74 Å². The third kappa shape index (κ3) is 2.95. The van der Waals surface area contributed by atoms with E-state index in [2.05, 4.69) is 35.8 Å². The van der Waals surface area contributed by atoms with E-state index in [0.29, 0.717) is 23.5 Å². The molecule has 8 heteroatoms. The normalized spacial score (nSPS) is 11.5. The summed E-state index contributed by atoms with van der Waals surface area (Å²) in [5, 5.41) is 0. The van der Waals surface area contributed by atoms with Crippen molar-refractivity contribution in [3.05, 3.63) is 86.7 Å². The molecule has 3 heterocycles. The van der Waals surface area contributed by atoms with Crippen LogP contribution in [0, 0.1) is 6.92 Å². The second kappa shape index (κ2) is 7.26. The molecule has 0 amide bonds. The van der Waals surface area contributed by atoms with Gasteiger partial charge in [-0.05, 0) is 36.8 Å². The molecule has 0 fully saturated rings. The van der Waals surface area contributed by atoms with E-state index in [-0.39, 0.29) is 5.56 Å². The van der Waals surface area contributed by atoms with E-state index in [0.717, 1.165) is 27.1 Å². The lowest BCUT2D eigenvalue weighted by Crippen LogP contribution is -2.37. The summed E-state index contributed by atoms with van der Waals surface area (Å²) in [6, 6.07) is 16.1. The van der Waals surface area contributed by atoms with Gasteiger partial charge >= 0.3 is 5.69 Å². The Morgan fingerprint density at radius 2 is 1.62 bits per heavy atom. The molecule has 0 saturated heterocycles. The van der Waals surface area contributed by atoms with Crippen LogP contribution < -0.4 is 16.0 Å². The van der Waals surface area contributed by atoms with Gasteiger partial charge in [0, 0.05) is 25.9 Å². The number of ether oxygens (including phenoxy) is 1. The molecule has 0 spiro atoms. The lowest BCUT2D eigenvalue weighted by atomic mass is 10.1. The van der Waals surface area contributed by atoms with Crippen molar-refractivity contribution in [1.29, 1.82) is 0 Å². The molecule has 8 nitrogen and oxygen atoms in total. The molecule has 32 heavy (non-hydrogen) atoms. The number of methoxy groups -OCH3 is 1. The van der Waals surface area contributed by atoms with Crippen LogP contribution in [0.4, 0.5) is 0 Å². The Morgan fingerprint density at radius 3 is 2.28 bits per heavy atom. The molecular formula is C24H23N5O3. The Bertz CT molecular complexity index is 1580. The van der Waals surface area contributed by atoms with E-state index in [4.69, 9.17) is 9.72 Å². The van der Waals surface area contributed by atoms with Crippen LogP contribution >= 0.6 is 0 Å². The maximum atomic E-state index is 13.0. The fraction of sp³-hybridized carbons (Fsp3) is 0.208. The Hall–Kier alpha value is -4.07. The average Bonchev–Trinajstić information content (AvgIpc) is 3.35. The fourth-order valence-electron chi connectivity index (χ4n) is 4.04. The molecule has 162 valence electrons. The minimum atomic E-state index is -0.399. The number of aryl methyl sites for hydroxylation is 2. The largest absolute Gasteiger partial charge is 0.497 e. The van der Waals surface area contributed by atoms with Crippen molar-refractivity contribution >= 4 is 16.9 Å². The first kappa shape index (κ1) is 19.9. The molecule has 0 radical (unpaired) electrons. The SMILES string of the molecule is COc1ccc(-c2cn3c4c(=O)n(C)c(=O)n(C)c4nc3n2Cc2ccc(C)cc2)cc1. The standard InChI is InChI=1S/C24H23N5O3/c1-15-5-7-16(8-6-15)13-28-19(17-9-11-18(32-4)12-10-17)14-29-20-21(25-23(28)29)26(2)24(31)27(3)22(20)30/h5-12,14H,13H2,1-4H3. The highest BCUT2D eigenvalue weighted by atomic mass is 16.5. The van der Waals surface area contributed by atoms with Crippen molar-refractivity contribution in [3.8, 4) is 17.0 Å². The fourth-order valence-corrected chi connectivity index (χ4v) is 4.04. The van der Waals surface area contributed by atoms with Crippen molar-refractivity contribution in [2.75, 3.05) is 7.11 Å². The van der Waals surface area contributed by atoms with Crippen LogP contribution in [0.1, 0.15) is 11.1 Å². The molecule has 0 saturated carbocycles. The van der Waals surface area contributed by atoms with Gasteiger partial charge in [0.1, 0.15) is 5.75 Å². The number of imidazole rings is 2. The number of hydrogen-bond acceptors (Lipinski definition) is 4. The van der Waals surface area contributed by atoms with E-state index in [1.807, 2.05) is 30.5 Å². The van der Waals surface area contributed by atoms with Crippen LogP contribution in [-0.4, -0.2) is 30.2 Å². The van der Waals surface area contributed by atoms with E-state index < -0.39 is 5.69 Å². The molecule has 5 rings (SSSR count). The molecular weight excluding hydrogens is 406 g/mol. The summed E-state index contributed by atoms with van der Waals surface area (Å²) in [4.78, 5) is 30.1. The first-order valence-electron chi connectivity index (χ1n) is 10.3. The first-order valence-corrected chi connectivity index (χ1v) is 10.3. The van der Waals surface area contributed by atoms with Crippen LogP contribution in [0.3, 0.4) is 0 Å². The Labute approximate surface area is 183 Å². The number of rotatable bonds is 4. The van der Waals surface area contributed by atoms with Gasteiger partial charge in [-0.2, -0.15) is 4.98 Å². The van der Waals surface area contributed by atoms with E-state index in [1.165, 1.54) is 17.2 Å². The van der Waals surface area contributed by atoms with E-state index in [1.54, 1.807) is 18.6 Å². The highest BCUT2D eigenvalue weighted by Gasteiger charge is 2.21. The van der Waals surface area contributed by atoms with Crippen molar-refractivity contribution in [2.45, 2.75) is 13.5 Å². The zero-order valence-corrected chi connectivity index (χ0v) is 18.4. The van der Waals surface area contributed by atoms with Crippen LogP contribution in [0.15, 0.2) is 64.3 Å².